The molecule has 116 valence electrons. The Bertz CT molecular complexity index is 630. The van der Waals surface area contributed by atoms with Gasteiger partial charge in [0, 0.05) is 12.6 Å². The maximum Gasteiger partial charge on any atom is 0.243 e. The molecule has 1 amide bonds. The van der Waals surface area contributed by atoms with Crippen LogP contribution in [0, 0.1) is 0 Å². The lowest BCUT2D eigenvalue weighted by Gasteiger charge is -2.22. The van der Waals surface area contributed by atoms with Crippen molar-refractivity contribution >= 4 is 15.9 Å². The van der Waals surface area contributed by atoms with Gasteiger partial charge in [-0.15, -0.1) is 0 Å². The van der Waals surface area contributed by atoms with E-state index in [9.17, 15) is 13.2 Å². The second-order valence-electron chi connectivity index (χ2n) is 5.26. The summed E-state index contributed by atoms with van der Waals surface area (Å²) in [6.45, 7) is 2.26. The summed E-state index contributed by atoms with van der Waals surface area (Å²) < 4.78 is 26.6. The van der Waals surface area contributed by atoms with Crippen molar-refractivity contribution in [1.29, 1.82) is 0 Å². The fourth-order valence-electron chi connectivity index (χ4n) is 2.59. The number of hydrogen-bond donors (Lipinski definition) is 2. The molecule has 2 unspecified atom stereocenters. The van der Waals surface area contributed by atoms with Gasteiger partial charge in [0.05, 0.1) is 4.90 Å². The molecule has 1 aliphatic rings. The Morgan fingerprint density at radius 3 is 2.81 bits per heavy atom. The minimum absolute atomic E-state index is 0.164. The maximum absolute atomic E-state index is 12.7. The van der Waals surface area contributed by atoms with Gasteiger partial charge in [-0.05, 0) is 37.0 Å². The topological polar surface area (TPSA) is 106 Å². The van der Waals surface area contributed by atoms with E-state index in [0.29, 0.717) is 19.4 Å². The average Bonchev–Trinajstić information content (AvgIpc) is 2.97. The monoisotopic (exact) mass is 311 g/mol. The van der Waals surface area contributed by atoms with Gasteiger partial charge in [0.1, 0.15) is 6.04 Å². The molecule has 1 heterocycles. The molecular weight excluding hydrogens is 290 g/mol. The molecule has 6 nitrogen and oxygen atoms in total. The average molecular weight is 311 g/mol. The highest BCUT2D eigenvalue weighted by Crippen LogP contribution is 2.27. The molecule has 0 aliphatic carbocycles. The third-order valence-corrected chi connectivity index (χ3v) is 5.77. The summed E-state index contributed by atoms with van der Waals surface area (Å²) >= 11 is 0. The molecular formula is C14H21N3O3S. The van der Waals surface area contributed by atoms with E-state index in [1.165, 1.54) is 10.4 Å². The molecule has 0 saturated carbocycles. The lowest BCUT2D eigenvalue weighted by molar-refractivity contribution is -0.121. The third kappa shape index (κ3) is 3.09. The van der Waals surface area contributed by atoms with Gasteiger partial charge in [0.25, 0.3) is 0 Å². The Labute approximate surface area is 125 Å². The number of nitrogens with zero attached hydrogens (tertiary/aromatic N) is 1. The second kappa shape index (κ2) is 6.13. The number of carbonyl (C=O) groups is 1. The van der Waals surface area contributed by atoms with Crippen LogP contribution in [-0.4, -0.2) is 31.2 Å². The standard InChI is InChI=1S/C14H21N3O3S/c1-2-12(15)10-5-3-6-11(9-10)21(19,20)17-8-4-7-13(17)14(16)18/h3,5-6,9,12-13H,2,4,7-8,15H2,1H3,(H2,16,18). The zero-order chi connectivity index (χ0) is 15.6. The van der Waals surface area contributed by atoms with Gasteiger partial charge in [-0.2, -0.15) is 4.31 Å². The summed E-state index contributed by atoms with van der Waals surface area (Å²) in [5.41, 5.74) is 12.0. The first-order chi connectivity index (χ1) is 9.87. The van der Waals surface area contributed by atoms with Crippen molar-refractivity contribution in [2.45, 2.75) is 43.2 Å². The van der Waals surface area contributed by atoms with E-state index in [2.05, 4.69) is 0 Å². The first kappa shape index (κ1) is 15.9. The molecule has 2 atom stereocenters. The molecule has 2 rings (SSSR count). The van der Waals surface area contributed by atoms with Gasteiger partial charge in [0.15, 0.2) is 0 Å². The van der Waals surface area contributed by atoms with Crippen molar-refractivity contribution in [3.05, 3.63) is 29.8 Å². The van der Waals surface area contributed by atoms with Crippen LogP contribution in [0.15, 0.2) is 29.2 Å². The molecule has 0 spiro atoms. The number of amides is 1. The summed E-state index contributed by atoms with van der Waals surface area (Å²) in [6, 6.07) is 5.64. The molecule has 0 aromatic heterocycles. The van der Waals surface area contributed by atoms with Crippen molar-refractivity contribution in [2.24, 2.45) is 11.5 Å². The van der Waals surface area contributed by atoms with Crippen molar-refractivity contribution in [3.8, 4) is 0 Å². The summed E-state index contributed by atoms with van der Waals surface area (Å²) in [5, 5.41) is 0. The zero-order valence-electron chi connectivity index (χ0n) is 12.0. The number of nitrogens with two attached hydrogens (primary N) is 2. The predicted octanol–water partition coefficient (Wildman–Crippen LogP) is 0.735. The van der Waals surface area contributed by atoms with Gasteiger partial charge >= 0.3 is 0 Å². The van der Waals surface area contributed by atoms with E-state index in [-0.39, 0.29) is 10.9 Å². The molecule has 0 bridgehead atoms. The van der Waals surface area contributed by atoms with Crippen LogP contribution in [0.2, 0.25) is 0 Å². The van der Waals surface area contributed by atoms with Crippen LogP contribution in [0.4, 0.5) is 0 Å². The minimum Gasteiger partial charge on any atom is -0.368 e. The van der Waals surface area contributed by atoms with Crippen molar-refractivity contribution in [1.82, 2.24) is 4.31 Å². The number of hydrogen-bond acceptors (Lipinski definition) is 4. The first-order valence-electron chi connectivity index (χ1n) is 7.04. The van der Waals surface area contributed by atoms with Crippen LogP contribution in [0.25, 0.3) is 0 Å². The number of benzene rings is 1. The van der Waals surface area contributed by atoms with E-state index in [1.54, 1.807) is 12.1 Å². The van der Waals surface area contributed by atoms with Crippen molar-refractivity contribution in [2.75, 3.05) is 6.54 Å². The Morgan fingerprint density at radius 1 is 1.48 bits per heavy atom. The predicted molar refractivity (Wildman–Crippen MR) is 79.8 cm³/mol. The zero-order valence-corrected chi connectivity index (χ0v) is 12.8. The second-order valence-corrected chi connectivity index (χ2v) is 7.15. The van der Waals surface area contributed by atoms with Gasteiger partial charge in [-0.1, -0.05) is 19.1 Å². The fraction of sp³-hybridized carbons (Fsp3) is 0.500. The number of sulfonamides is 1. The number of rotatable bonds is 5. The molecule has 4 N–H and O–H groups in total. The summed E-state index contributed by atoms with van der Waals surface area (Å²) in [6.07, 6.45) is 1.83. The van der Waals surface area contributed by atoms with E-state index in [4.69, 9.17) is 11.5 Å². The van der Waals surface area contributed by atoms with Crippen LogP contribution in [0.1, 0.15) is 37.8 Å². The third-order valence-electron chi connectivity index (χ3n) is 3.86. The van der Waals surface area contributed by atoms with Gasteiger partial charge in [0.2, 0.25) is 15.9 Å². The van der Waals surface area contributed by atoms with Crippen LogP contribution >= 0.6 is 0 Å². The molecule has 1 aliphatic heterocycles. The molecule has 1 saturated heterocycles. The smallest absolute Gasteiger partial charge is 0.243 e. The van der Waals surface area contributed by atoms with Crippen LogP contribution < -0.4 is 11.5 Å². The molecule has 1 fully saturated rings. The number of carbonyl (C=O) groups excluding carboxylic acids is 1. The minimum atomic E-state index is -3.72. The highest BCUT2D eigenvalue weighted by molar-refractivity contribution is 7.89. The molecule has 21 heavy (non-hydrogen) atoms. The normalized spacial score (nSPS) is 21.3. The summed E-state index contributed by atoms with van der Waals surface area (Å²) in [5.74, 6) is -0.600. The Kier molecular flexibility index (Phi) is 4.65. The molecule has 1 aromatic rings. The summed E-state index contributed by atoms with van der Waals surface area (Å²) in [7, 11) is -3.72. The van der Waals surface area contributed by atoms with E-state index in [0.717, 1.165) is 12.0 Å². The van der Waals surface area contributed by atoms with Crippen LogP contribution in [0.5, 0.6) is 0 Å². The van der Waals surface area contributed by atoms with E-state index < -0.39 is 22.0 Å². The van der Waals surface area contributed by atoms with Gasteiger partial charge in [-0.3, -0.25) is 4.79 Å². The van der Waals surface area contributed by atoms with Gasteiger partial charge < -0.3 is 11.5 Å². The Balaban J connectivity index is 2.38. The van der Waals surface area contributed by atoms with Crippen molar-refractivity contribution < 1.29 is 13.2 Å². The highest BCUT2D eigenvalue weighted by atomic mass is 32.2. The highest BCUT2D eigenvalue weighted by Gasteiger charge is 2.38. The van der Waals surface area contributed by atoms with Gasteiger partial charge in [-0.25, -0.2) is 8.42 Å². The molecule has 1 aromatic carbocycles. The Morgan fingerprint density at radius 2 is 2.19 bits per heavy atom. The van der Waals surface area contributed by atoms with Crippen LogP contribution in [-0.2, 0) is 14.8 Å². The van der Waals surface area contributed by atoms with Crippen LogP contribution in [0.3, 0.4) is 0 Å². The molecule has 7 heteroatoms. The SMILES string of the molecule is CCC(N)c1cccc(S(=O)(=O)N2CCCC2C(N)=O)c1. The largest absolute Gasteiger partial charge is 0.368 e. The Hall–Kier alpha value is -1.44. The summed E-state index contributed by atoms with van der Waals surface area (Å²) in [4.78, 5) is 11.6. The fourth-order valence-corrected chi connectivity index (χ4v) is 4.31. The number of primary amides is 1. The quantitative estimate of drug-likeness (QED) is 0.836. The maximum atomic E-state index is 12.7. The van der Waals surface area contributed by atoms with E-state index >= 15 is 0 Å². The van der Waals surface area contributed by atoms with E-state index in [1.807, 2.05) is 13.0 Å². The van der Waals surface area contributed by atoms with Crippen molar-refractivity contribution in [3.63, 3.8) is 0 Å². The molecule has 0 radical (unpaired) electrons. The lowest BCUT2D eigenvalue weighted by atomic mass is 10.1. The lowest BCUT2D eigenvalue weighted by Crippen LogP contribution is -2.43. The first-order valence-corrected chi connectivity index (χ1v) is 8.48.